The average molecular weight is 1050 g/mol. The summed E-state index contributed by atoms with van der Waals surface area (Å²) in [6, 6.07) is 98.9. The highest BCUT2D eigenvalue weighted by Gasteiger charge is 2.40. The van der Waals surface area contributed by atoms with Gasteiger partial charge in [0.05, 0.1) is 34.2 Å². The molecular formula is C78H54N4. The van der Waals surface area contributed by atoms with Crippen molar-refractivity contribution in [3.8, 4) is 33.6 Å². The molecule has 0 spiro atoms. The Morgan fingerprint density at radius 2 is 0.695 bits per heavy atom. The highest BCUT2D eigenvalue weighted by atomic mass is 15.2. The lowest BCUT2D eigenvalue weighted by Crippen LogP contribution is -2.28. The molecule has 4 atom stereocenters. The summed E-state index contributed by atoms with van der Waals surface area (Å²) in [5.41, 5.74) is 24.6. The summed E-state index contributed by atoms with van der Waals surface area (Å²) < 4.78 is 4.98. The number of nitrogens with zero attached hydrogens (tertiary/aromatic N) is 4. The fraction of sp³-hybridized carbons (Fsp3) is 0.0513. The monoisotopic (exact) mass is 1050 g/mol. The van der Waals surface area contributed by atoms with Gasteiger partial charge in [0.2, 0.25) is 0 Å². The number of benzene rings is 11. The number of hydrogen-bond donors (Lipinski definition) is 0. The standard InChI is InChI=1S/C78H54N4/c1-5-19-51(20-6-1)54-35-43-71-65(47-54)66-48-55(52-21-7-2-8-22-52)36-44-72(66)80(71)58-38-40-59(41-39-58)81-69-31-15-13-27-63(69)77-61(29-17-33-75(77)81)62-30-18-34-76-78(62)64-28-14-16-32-70(64)82(76)60-42-46-74-68(50-60)67-49-56(53-23-9-3-10-24-53)37-45-73(67)79(74)57-25-11-4-12-26-57/h1-50,65,67,71,73H. The fourth-order valence-corrected chi connectivity index (χ4v) is 14.4. The predicted molar refractivity (Wildman–Crippen MR) is 343 cm³/mol. The van der Waals surface area contributed by atoms with E-state index in [0.717, 1.165) is 11.4 Å². The van der Waals surface area contributed by atoms with E-state index in [1.165, 1.54) is 122 Å². The Hall–Kier alpha value is -10.4. The molecule has 4 aliphatic rings. The van der Waals surface area contributed by atoms with Crippen LogP contribution in [-0.4, -0.2) is 21.2 Å². The highest BCUT2D eigenvalue weighted by molar-refractivity contribution is 6.22. The number of fused-ring (bicyclic) bond motifs is 12. The van der Waals surface area contributed by atoms with Gasteiger partial charge in [-0.05, 0) is 147 Å². The first kappa shape index (κ1) is 46.5. The molecule has 17 rings (SSSR count). The van der Waals surface area contributed by atoms with Crippen LogP contribution in [0.1, 0.15) is 34.1 Å². The third kappa shape index (κ3) is 7.17. The number of para-hydroxylation sites is 3. The van der Waals surface area contributed by atoms with E-state index >= 15 is 0 Å². The highest BCUT2D eigenvalue weighted by Crippen LogP contribution is 2.53. The number of anilines is 4. The maximum absolute atomic E-state index is 2.55. The van der Waals surface area contributed by atoms with Gasteiger partial charge in [0.25, 0.3) is 0 Å². The van der Waals surface area contributed by atoms with Crippen molar-refractivity contribution in [3.05, 3.63) is 326 Å². The molecule has 0 saturated carbocycles. The minimum absolute atomic E-state index is 0.142. The second-order valence-corrected chi connectivity index (χ2v) is 22.3. The Kier molecular flexibility index (Phi) is 10.5. The maximum Gasteiger partial charge on any atom is 0.0630 e. The molecule has 0 saturated heterocycles. The van der Waals surface area contributed by atoms with Gasteiger partial charge in [0.1, 0.15) is 0 Å². The van der Waals surface area contributed by atoms with Crippen LogP contribution < -0.4 is 9.80 Å². The van der Waals surface area contributed by atoms with Crippen LogP contribution in [0.4, 0.5) is 22.7 Å². The Morgan fingerprint density at radius 3 is 1.24 bits per heavy atom. The third-order valence-corrected chi connectivity index (χ3v) is 18.0. The molecule has 386 valence electrons. The molecule has 0 fully saturated rings. The van der Waals surface area contributed by atoms with Gasteiger partial charge in [0, 0.05) is 67.5 Å². The van der Waals surface area contributed by atoms with E-state index in [1.807, 2.05) is 0 Å². The number of aromatic nitrogens is 2. The molecule has 4 unspecified atom stereocenters. The first-order valence-electron chi connectivity index (χ1n) is 28.7. The molecule has 2 aliphatic carbocycles. The van der Waals surface area contributed by atoms with E-state index in [9.17, 15) is 0 Å². The van der Waals surface area contributed by atoms with Crippen molar-refractivity contribution in [2.24, 2.45) is 0 Å². The van der Waals surface area contributed by atoms with E-state index in [4.69, 9.17) is 0 Å². The van der Waals surface area contributed by atoms with Crippen molar-refractivity contribution >= 4 is 77.5 Å². The Labute approximate surface area is 477 Å². The smallest absolute Gasteiger partial charge is 0.0630 e. The van der Waals surface area contributed by atoms with Gasteiger partial charge in [-0.15, -0.1) is 0 Å². The van der Waals surface area contributed by atoms with Crippen molar-refractivity contribution in [3.63, 3.8) is 0 Å². The number of allylic oxidation sites excluding steroid dienone is 4. The second kappa shape index (κ2) is 18.6. The quantitative estimate of drug-likeness (QED) is 0.151. The van der Waals surface area contributed by atoms with Crippen molar-refractivity contribution in [1.82, 2.24) is 9.13 Å². The lowest BCUT2D eigenvalue weighted by molar-refractivity contribution is 0.747. The van der Waals surface area contributed by atoms with Gasteiger partial charge in [-0.25, -0.2) is 0 Å². The first-order valence-corrected chi connectivity index (χ1v) is 28.7. The molecule has 2 aliphatic heterocycles. The molecule has 0 bridgehead atoms. The molecule has 82 heavy (non-hydrogen) atoms. The summed E-state index contributed by atoms with van der Waals surface area (Å²) >= 11 is 0. The normalized spacial score (nSPS) is 17.8. The minimum atomic E-state index is 0.142. The van der Waals surface area contributed by atoms with Crippen LogP contribution in [0.15, 0.2) is 303 Å². The molecule has 11 aromatic carbocycles. The SMILES string of the molecule is C1=CC2C(C=C1c1ccccc1)c1cc(-c3ccccc3)ccc1N2c1ccc(-n2c3ccccc3c3c(-c4cccc5c4c4ccccc4n5-c4ccc5c(c4)C4C=C(c6ccccc6)C=CC4N5c4ccccc4)cccc32)cc1. The van der Waals surface area contributed by atoms with Crippen molar-refractivity contribution in [2.75, 3.05) is 9.80 Å². The lowest BCUT2D eigenvalue weighted by Gasteiger charge is -2.30. The topological polar surface area (TPSA) is 16.3 Å². The van der Waals surface area contributed by atoms with Crippen molar-refractivity contribution in [1.29, 1.82) is 0 Å². The zero-order chi connectivity index (χ0) is 53.8. The molecule has 2 aromatic heterocycles. The Bertz CT molecular complexity index is 4810. The Balaban J connectivity index is 0.780. The summed E-state index contributed by atoms with van der Waals surface area (Å²) in [5, 5.41) is 4.98. The lowest BCUT2D eigenvalue weighted by atomic mass is 9.85. The van der Waals surface area contributed by atoms with Crippen LogP contribution in [0.2, 0.25) is 0 Å². The van der Waals surface area contributed by atoms with Gasteiger partial charge < -0.3 is 18.9 Å². The van der Waals surface area contributed by atoms with Crippen LogP contribution >= 0.6 is 0 Å². The van der Waals surface area contributed by atoms with E-state index in [0.29, 0.717) is 0 Å². The summed E-state index contributed by atoms with van der Waals surface area (Å²) in [6.45, 7) is 0. The second-order valence-electron chi connectivity index (χ2n) is 22.3. The van der Waals surface area contributed by atoms with Crippen LogP contribution in [0, 0.1) is 0 Å². The van der Waals surface area contributed by atoms with Crippen LogP contribution in [-0.2, 0) is 0 Å². The van der Waals surface area contributed by atoms with E-state index in [-0.39, 0.29) is 23.9 Å². The van der Waals surface area contributed by atoms with Gasteiger partial charge in [0.15, 0.2) is 0 Å². The van der Waals surface area contributed by atoms with E-state index in [1.54, 1.807) is 0 Å². The zero-order valence-corrected chi connectivity index (χ0v) is 45.0. The molecule has 0 amide bonds. The average Bonchev–Trinajstić information content (AvgIpc) is 4.40. The number of rotatable bonds is 8. The van der Waals surface area contributed by atoms with Crippen LogP contribution in [0.25, 0.3) is 88.4 Å². The molecule has 4 heterocycles. The molecule has 4 heteroatoms. The zero-order valence-electron chi connectivity index (χ0n) is 45.0. The van der Waals surface area contributed by atoms with Crippen molar-refractivity contribution in [2.45, 2.75) is 23.9 Å². The summed E-state index contributed by atoms with van der Waals surface area (Å²) in [4.78, 5) is 5.09. The third-order valence-electron chi connectivity index (χ3n) is 18.0. The molecule has 0 radical (unpaired) electrons. The predicted octanol–water partition coefficient (Wildman–Crippen LogP) is 19.7. The molecule has 0 N–H and O–H groups in total. The van der Waals surface area contributed by atoms with Crippen LogP contribution in [0.3, 0.4) is 0 Å². The van der Waals surface area contributed by atoms with Gasteiger partial charge in [-0.3, -0.25) is 0 Å². The minimum Gasteiger partial charge on any atom is -0.333 e. The van der Waals surface area contributed by atoms with Gasteiger partial charge in [-0.2, -0.15) is 0 Å². The van der Waals surface area contributed by atoms with Crippen LogP contribution in [0.5, 0.6) is 0 Å². The molecular weight excluding hydrogens is 993 g/mol. The molecule has 13 aromatic rings. The summed E-state index contributed by atoms with van der Waals surface area (Å²) in [5.74, 6) is 0.364. The number of hydrogen-bond acceptors (Lipinski definition) is 2. The first-order chi connectivity index (χ1) is 40.7. The van der Waals surface area contributed by atoms with E-state index < -0.39 is 0 Å². The van der Waals surface area contributed by atoms with Gasteiger partial charge in [-0.1, -0.05) is 212 Å². The summed E-state index contributed by atoms with van der Waals surface area (Å²) in [6.07, 6.45) is 14.5. The Morgan fingerprint density at radius 1 is 0.280 bits per heavy atom. The van der Waals surface area contributed by atoms with Crippen molar-refractivity contribution < 1.29 is 0 Å². The van der Waals surface area contributed by atoms with E-state index in [2.05, 4.69) is 322 Å². The fourth-order valence-electron chi connectivity index (χ4n) is 14.4. The van der Waals surface area contributed by atoms with Gasteiger partial charge >= 0.3 is 0 Å². The summed E-state index contributed by atoms with van der Waals surface area (Å²) in [7, 11) is 0. The maximum atomic E-state index is 2.55. The largest absolute Gasteiger partial charge is 0.333 e. The molecule has 4 nitrogen and oxygen atoms in total.